The molecule has 4 aromatic rings. The summed E-state index contributed by atoms with van der Waals surface area (Å²) in [6, 6.07) is 17.0. The Morgan fingerprint density at radius 3 is 2.55 bits per heavy atom. The van der Waals surface area contributed by atoms with Crippen molar-refractivity contribution in [3.8, 4) is 11.4 Å². The van der Waals surface area contributed by atoms with Crippen LogP contribution in [-0.2, 0) is 4.79 Å². The van der Waals surface area contributed by atoms with Crippen LogP contribution in [0, 0.1) is 17.8 Å². The van der Waals surface area contributed by atoms with Crippen LogP contribution in [0.5, 0.6) is 0 Å². The number of rotatable bonds is 5. The van der Waals surface area contributed by atoms with Gasteiger partial charge in [-0.2, -0.15) is 0 Å². The van der Waals surface area contributed by atoms with E-state index in [1.165, 1.54) is 11.3 Å². The molecule has 2 aliphatic rings. The first kappa shape index (κ1) is 19.9. The number of imidazole rings is 1. The number of thiophene rings is 1. The molecule has 6 rings (SSSR count). The number of carbonyl (C=O) groups is 2. The first-order valence-electron chi connectivity index (χ1n) is 11.1. The van der Waals surface area contributed by atoms with Crippen LogP contribution in [0.1, 0.15) is 22.5 Å². The molecule has 1 saturated carbocycles. The first-order valence-corrected chi connectivity index (χ1v) is 11.9. The molecule has 0 saturated heterocycles. The lowest BCUT2D eigenvalue weighted by Crippen LogP contribution is -2.25. The number of aromatic amines is 1. The van der Waals surface area contributed by atoms with E-state index in [0.717, 1.165) is 46.6 Å². The average molecular weight is 455 g/mol. The number of aromatic nitrogens is 2. The third-order valence-corrected chi connectivity index (χ3v) is 7.39. The molecule has 0 aliphatic heterocycles. The molecule has 2 amide bonds. The van der Waals surface area contributed by atoms with Crippen molar-refractivity contribution < 1.29 is 9.59 Å². The molecule has 3 N–H and O–H groups in total. The van der Waals surface area contributed by atoms with Crippen molar-refractivity contribution in [1.29, 1.82) is 0 Å². The summed E-state index contributed by atoms with van der Waals surface area (Å²) in [6.45, 7) is 0. The van der Waals surface area contributed by atoms with Crippen LogP contribution in [0.25, 0.3) is 22.4 Å². The van der Waals surface area contributed by atoms with Crippen LogP contribution in [0.3, 0.4) is 0 Å². The molecule has 2 aliphatic carbocycles. The summed E-state index contributed by atoms with van der Waals surface area (Å²) in [4.78, 5) is 33.7. The van der Waals surface area contributed by atoms with Gasteiger partial charge in [0, 0.05) is 22.9 Å². The van der Waals surface area contributed by atoms with Crippen molar-refractivity contribution in [1.82, 2.24) is 9.97 Å². The lowest BCUT2D eigenvalue weighted by Gasteiger charge is -2.17. The smallest absolute Gasteiger partial charge is 0.265 e. The van der Waals surface area contributed by atoms with E-state index in [4.69, 9.17) is 0 Å². The summed E-state index contributed by atoms with van der Waals surface area (Å²) < 4.78 is 0. The van der Waals surface area contributed by atoms with Crippen molar-refractivity contribution in [2.24, 2.45) is 17.8 Å². The Morgan fingerprint density at radius 1 is 0.970 bits per heavy atom. The van der Waals surface area contributed by atoms with Gasteiger partial charge in [0.05, 0.1) is 15.9 Å². The van der Waals surface area contributed by atoms with E-state index < -0.39 is 0 Å². The van der Waals surface area contributed by atoms with Crippen molar-refractivity contribution in [3.05, 3.63) is 77.0 Å². The number of allylic oxidation sites excluding steroid dienone is 2. The lowest BCUT2D eigenvalue weighted by atomic mass is 9.93. The van der Waals surface area contributed by atoms with Gasteiger partial charge in [-0.3, -0.25) is 9.59 Å². The highest BCUT2D eigenvalue weighted by atomic mass is 32.1. The van der Waals surface area contributed by atoms with Gasteiger partial charge in [-0.25, -0.2) is 4.98 Å². The predicted octanol–water partition coefficient (Wildman–Crippen LogP) is 5.69. The molecule has 0 radical (unpaired) electrons. The summed E-state index contributed by atoms with van der Waals surface area (Å²) in [5.41, 5.74) is 4.13. The monoisotopic (exact) mass is 454 g/mol. The number of hydrogen-bond donors (Lipinski definition) is 3. The van der Waals surface area contributed by atoms with E-state index in [1.54, 1.807) is 6.07 Å². The largest absolute Gasteiger partial charge is 0.338 e. The highest BCUT2D eigenvalue weighted by Gasteiger charge is 2.39. The molecule has 2 aromatic heterocycles. The molecule has 2 unspecified atom stereocenters. The average Bonchev–Trinajstić information content (AvgIpc) is 3.63. The van der Waals surface area contributed by atoms with E-state index >= 15 is 0 Å². The Hall–Kier alpha value is -3.71. The van der Waals surface area contributed by atoms with Crippen molar-refractivity contribution in [3.63, 3.8) is 0 Å². The van der Waals surface area contributed by atoms with Crippen molar-refractivity contribution in [2.75, 3.05) is 10.6 Å². The van der Waals surface area contributed by atoms with Gasteiger partial charge in [0.15, 0.2) is 0 Å². The molecule has 0 spiro atoms. The highest BCUT2D eigenvalue weighted by molar-refractivity contribution is 7.12. The Bertz CT molecular complexity index is 1370. The van der Waals surface area contributed by atoms with Gasteiger partial charge >= 0.3 is 0 Å². The Balaban J connectivity index is 1.16. The predicted molar refractivity (Wildman–Crippen MR) is 131 cm³/mol. The number of hydrogen-bond acceptors (Lipinski definition) is 4. The molecule has 7 heteroatoms. The summed E-state index contributed by atoms with van der Waals surface area (Å²) >= 11 is 1.41. The van der Waals surface area contributed by atoms with Gasteiger partial charge in [-0.15, -0.1) is 11.3 Å². The Morgan fingerprint density at radius 2 is 1.82 bits per heavy atom. The number of nitrogens with one attached hydrogen (secondary N) is 3. The molecule has 2 aromatic carbocycles. The van der Waals surface area contributed by atoms with Gasteiger partial charge in [0.2, 0.25) is 5.91 Å². The van der Waals surface area contributed by atoms with Gasteiger partial charge in [0.1, 0.15) is 5.82 Å². The number of fused-ring (bicyclic) bond motifs is 3. The topological polar surface area (TPSA) is 86.9 Å². The molecular weight excluding hydrogens is 432 g/mol. The zero-order chi connectivity index (χ0) is 22.4. The number of anilines is 2. The number of amides is 2. The van der Waals surface area contributed by atoms with Crippen LogP contribution in [-0.4, -0.2) is 21.8 Å². The number of nitrogens with zero attached hydrogens (tertiary/aromatic N) is 1. The number of carbonyl (C=O) groups excluding carboxylic acids is 2. The molecule has 2 heterocycles. The maximum absolute atomic E-state index is 12.8. The third kappa shape index (κ3) is 3.85. The maximum Gasteiger partial charge on any atom is 0.265 e. The SMILES string of the molecule is O=C(Nc1ccc(-c2nc3ccc(NC(=O)[C@H]4CC5C=CC4C5)cc3[nH]2)cc1)c1cccs1. The molecule has 1 fully saturated rings. The van der Waals surface area contributed by atoms with E-state index in [2.05, 4.69) is 32.8 Å². The molecule has 3 atom stereocenters. The fraction of sp³-hybridized carbons (Fsp3) is 0.192. The number of benzene rings is 2. The minimum atomic E-state index is -0.113. The lowest BCUT2D eigenvalue weighted by molar-refractivity contribution is -0.120. The zero-order valence-corrected chi connectivity index (χ0v) is 18.6. The summed E-state index contributed by atoms with van der Waals surface area (Å²) in [6.07, 6.45) is 6.50. The van der Waals surface area contributed by atoms with Crippen LogP contribution in [0.15, 0.2) is 72.1 Å². The summed E-state index contributed by atoms with van der Waals surface area (Å²) in [5.74, 6) is 1.76. The van der Waals surface area contributed by atoms with Crippen molar-refractivity contribution in [2.45, 2.75) is 12.8 Å². The Labute approximate surface area is 194 Å². The normalized spacial score (nSPS) is 20.9. The Kier molecular flexibility index (Phi) is 4.84. The maximum atomic E-state index is 12.8. The highest BCUT2D eigenvalue weighted by Crippen LogP contribution is 2.43. The van der Waals surface area contributed by atoms with Crippen LogP contribution in [0.2, 0.25) is 0 Å². The quantitative estimate of drug-likeness (QED) is 0.338. The fourth-order valence-corrected chi connectivity index (χ4v) is 5.47. The standard InChI is InChI=1S/C26H22N4O2S/c31-25(20-13-15-3-4-17(20)12-15)28-19-9-10-21-22(14-19)30-24(29-21)16-5-7-18(8-6-16)27-26(32)23-2-1-11-33-23/h1-11,14-15,17,20H,12-13H2,(H,27,32)(H,28,31)(H,29,30)/t15?,17?,20-/m0/s1. The third-order valence-electron chi connectivity index (χ3n) is 6.53. The second-order valence-corrected chi connectivity index (χ2v) is 9.65. The molecule has 6 nitrogen and oxygen atoms in total. The van der Waals surface area contributed by atoms with Gasteiger partial charge in [-0.1, -0.05) is 18.2 Å². The molecule has 2 bridgehead atoms. The van der Waals surface area contributed by atoms with E-state index in [0.29, 0.717) is 16.7 Å². The molecular formula is C26H22N4O2S. The van der Waals surface area contributed by atoms with Gasteiger partial charge in [-0.05, 0) is 78.6 Å². The second kappa shape index (κ2) is 8.01. The number of H-pyrrole nitrogens is 1. The van der Waals surface area contributed by atoms with E-state index in [1.807, 2.05) is 53.9 Å². The second-order valence-electron chi connectivity index (χ2n) is 8.70. The zero-order valence-electron chi connectivity index (χ0n) is 17.7. The van der Waals surface area contributed by atoms with Crippen LogP contribution >= 0.6 is 11.3 Å². The van der Waals surface area contributed by atoms with Crippen LogP contribution < -0.4 is 10.6 Å². The fourth-order valence-electron chi connectivity index (χ4n) is 4.85. The van der Waals surface area contributed by atoms with Gasteiger partial charge in [0.25, 0.3) is 5.91 Å². The van der Waals surface area contributed by atoms with E-state index in [9.17, 15) is 9.59 Å². The molecule has 164 valence electrons. The minimum Gasteiger partial charge on any atom is -0.338 e. The minimum absolute atomic E-state index is 0.0758. The first-order chi connectivity index (χ1) is 16.1. The van der Waals surface area contributed by atoms with Crippen molar-refractivity contribution >= 4 is 45.6 Å². The van der Waals surface area contributed by atoms with E-state index in [-0.39, 0.29) is 17.7 Å². The van der Waals surface area contributed by atoms with Gasteiger partial charge < -0.3 is 15.6 Å². The summed E-state index contributed by atoms with van der Waals surface area (Å²) in [7, 11) is 0. The summed E-state index contributed by atoms with van der Waals surface area (Å²) in [5, 5.41) is 7.87. The molecule has 33 heavy (non-hydrogen) atoms. The van der Waals surface area contributed by atoms with Crippen LogP contribution in [0.4, 0.5) is 11.4 Å².